The van der Waals surface area contributed by atoms with E-state index in [0.29, 0.717) is 10.6 Å². The number of amides is 1. The molecule has 0 aliphatic carbocycles. The first kappa shape index (κ1) is 15.2. The molecule has 0 heterocycles. The highest BCUT2D eigenvalue weighted by Crippen LogP contribution is 2.28. The minimum Gasteiger partial charge on any atom is -0.358 e. The Morgan fingerprint density at radius 2 is 1.89 bits per heavy atom. The largest absolute Gasteiger partial charge is 0.358 e. The molecular formula is C12H15Cl2FN2O. The lowest BCUT2D eigenvalue weighted by atomic mass is 10.1. The first-order valence-corrected chi connectivity index (χ1v) is 6.24. The quantitative estimate of drug-likeness (QED) is 0.838. The van der Waals surface area contributed by atoms with Gasteiger partial charge in [0, 0.05) is 18.1 Å². The maximum Gasteiger partial charge on any atom is 0.236 e. The number of likely N-dealkylation sites (N-methyl/N-ethyl adjacent to an activating group) is 1. The summed E-state index contributed by atoms with van der Waals surface area (Å²) in [5, 5.41) is 5.90. The minimum atomic E-state index is -0.530. The highest BCUT2D eigenvalue weighted by Gasteiger charge is 2.18. The second-order valence-corrected chi connectivity index (χ2v) is 4.83. The van der Waals surface area contributed by atoms with Crippen molar-refractivity contribution in [2.24, 2.45) is 0 Å². The summed E-state index contributed by atoms with van der Waals surface area (Å²) in [5.41, 5.74) is 0.564. The molecule has 0 saturated heterocycles. The Bertz CT molecular complexity index is 454. The fourth-order valence-corrected chi connectivity index (χ4v) is 2.17. The van der Waals surface area contributed by atoms with Gasteiger partial charge in [-0.1, -0.05) is 23.2 Å². The van der Waals surface area contributed by atoms with Crippen LogP contribution in [0.25, 0.3) is 0 Å². The van der Waals surface area contributed by atoms with Crippen molar-refractivity contribution in [3.05, 3.63) is 33.6 Å². The third-order valence-electron chi connectivity index (χ3n) is 2.65. The Morgan fingerprint density at radius 1 is 1.28 bits per heavy atom. The zero-order valence-corrected chi connectivity index (χ0v) is 11.9. The lowest BCUT2D eigenvalue weighted by molar-refractivity contribution is -0.122. The molecule has 0 aliphatic heterocycles. The summed E-state index contributed by atoms with van der Waals surface area (Å²) >= 11 is 11.6. The van der Waals surface area contributed by atoms with Gasteiger partial charge in [0.15, 0.2) is 0 Å². The summed E-state index contributed by atoms with van der Waals surface area (Å²) in [6.07, 6.45) is 0. The average Bonchev–Trinajstić information content (AvgIpc) is 2.32. The molecule has 1 aromatic rings. The van der Waals surface area contributed by atoms with Crippen LogP contribution in [0, 0.1) is 5.82 Å². The van der Waals surface area contributed by atoms with E-state index in [1.165, 1.54) is 12.1 Å². The van der Waals surface area contributed by atoms with E-state index in [-0.39, 0.29) is 17.0 Å². The van der Waals surface area contributed by atoms with E-state index in [2.05, 4.69) is 10.6 Å². The second kappa shape index (κ2) is 6.36. The smallest absolute Gasteiger partial charge is 0.236 e. The van der Waals surface area contributed by atoms with Gasteiger partial charge in [0.2, 0.25) is 5.91 Å². The summed E-state index contributed by atoms with van der Waals surface area (Å²) in [5.74, 6) is -0.676. The maximum atomic E-state index is 13.4. The molecule has 0 aliphatic rings. The molecule has 0 unspecified atom stereocenters. The standard InChI is InChI=1S/C12H15Cl2FN2O/c1-6(17-7(2)12(18)16-3)8-4-11(15)10(14)5-9(8)13/h4-7,17H,1-3H3,(H,16,18)/t6-,7+/m0/s1. The molecule has 0 aromatic heterocycles. The third kappa shape index (κ3) is 3.57. The zero-order chi connectivity index (χ0) is 13.9. The lowest BCUT2D eigenvalue weighted by Crippen LogP contribution is -2.41. The number of carbonyl (C=O) groups excluding carboxylic acids is 1. The number of carbonyl (C=O) groups is 1. The zero-order valence-electron chi connectivity index (χ0n) is 10.4. The minimum absolute atomic E-state index is 0.0182. The Hall–Kier alpha value is -0.840. The normalized spacial score (nSPS) is 14.1. The third-order valence-corrected chi connectivity index (χ3v) is 3.26. The number of halogens is 3. The van der Waals surface area contributed by atoms with Crippen LogP contribution in [0.4, 0.5) is 4.39 Å². The molecule has 2 N–H and O–H groups in total. The van der Waals surface area contributed by atoms with Crippen LogP contribution in [-0.2, 0) is 4.79 Å². The molecule has 0 saturated carbocycles. The topological polar surface area (TPSA) is 41.1 Å². The second-order valence-electron chi connectivity index (χ2n) is 4.01. The maximum absolute atomic E-state index is 13.4. The van der Waals surface area contributed by atoms with Crippen LogP contribution in [0.5, 0.6) is 0 Å². The molecule has 0 bridgehead atoms. The molecule has 1 rings (SSSR count). The van der Waals surface area contributed by atoms with Gasteiger partial charge in [-0.3, -0.25) is 10.1 Å². The van der Waals surface area contributed by atoms with Crippen molar-refractivity contribution in [3.8, 4) is 0 Å². The van der Waals surface area contributed by atoms with Crippen LogP contribution >= 0.6 is 23.2 Å². The molecule has 2 atom stereocenters. The van der Waals surface area contributed by atoms with E-state index in [1.807, 2.05) is 0 Å². The van der Waals surface area contributed by atoms with Crippen molar-refractivity contribution in [2.45, 2.75) is 25.9 Å². The lowest BCUT2D eigenvalue weighted by Gasteiger charge is -2.20. The number of hydrogen-bond donors (Lipinski definition) is 2. The van der Waals surface area contributed by atoms with E-state index < -0.39 is 11.9 Å². The highest BCUT2D eigenvalue weighted by molar-refractivity contribution is 6.35. The van der Waals surface area contributed by atoms with Gasteiger partial charge >= 0.3 is 0 Å². The predicted molar refractivity (Wildman–Crippen MR) is 71.5 cm³/mol. The van der Waals surface area contributed by atoms with Gasteiger partial charge < -0.3 is 5.32 Å². The van der Waals surface area contributed by atoms with Crippen LogP contribution in [0.3, 0.4) is 0 Å². The fraction of sp³-hybridized carbons (Fsp3) is 0.417. The predicted octanol–water partition coefficient (Wildman–Crippen LogP) is 2.92. The highest BCUT2D eigenvalue weighted by atomic mass is 35.5. The van der Waals surface area contributed by atoms with E-state index in [0.717, 1.165) is 0 Å². The summed E-state index contributed by atoms with van der Waals surface area (Å²) in [6.45, 7) is 3.52. The van der Waals surface area contributed by atoms with E-state index in [4.69, 9.17) is 23.2 Å². The van der Waals surface area contributed by atoms with E-state index >= 15 is 0 Å². The van der Waals surface area contributed by atoms with Crippen molar-refractivity contribution in [3.63, 3.8) is 0 Å². The molecule has 0 fully saturated rings. The number of benzene rings is 1. The monoisotopic (exact) mass is 292 g/mol. The van der Waals surface area contributed by atoms with Crippen molar-refractivity contribution in [1.82, 2.24) is 10.6 Å². The Labute approximate surface area is 116 Å². The summed E-state index contributed by atoms with van der Waals surface area (Å²) < 4.78 is 13.4. The summed E-state index contributed by atoms with van der Waals surface area (Å²) in [6, 6.07) is 1.96. The molecule has 0 spiro atoms. The van der Waals surface area contributed by atoms with Gasteiger partial charge in [0.05, 0.1) is 11.1 Å². The Kier molecular flexibility index (Phi) is 5.38. The van der Waals surface area contributed by atoms with Crippen molar-refractivity contribution < 1.29 is 9.18 Å². The molecule has 100 valence electrons. The van der Waals surface area contributed by atoms with Gasteiger partial charge in [0.25, 0.3) is 0 Å². The van der Waals surface area contributed by atoms with Gasteiger partial charge in [-0.05, 0) is 31.5 Å². The first-order chi connectivity index (χ1) is 8.36. The SMILES string of the molecule is CNC(=O)[C@@H](C)N[C@@H](C)c1cc(F)c(Cl)cc1Cl. The van der Waals surface area contributed by atoms with Crippen molar-refractivity contribution in [1.29, 1.82) is 0 Å². The Morgan fingerprint density at radius 3 is 2.44 bits per heavy atom. The Balaban J connectivity index is 2.87. The van der Waals surface area contributed by atoms with Gasteiger partial charge in [0.1, 0.15) is 5.82 Å². The number of nitrogens with one attached hydrogen (secondary N) is 2. The number of rotatable bonds is 4. The molecule has 3 nitrogen and oxygen atoms in total. The molecule has 1 aromatic carbocycles. The van der Waals surface area contributed by atoms with Crippen LogP contribution in [0.15, 0.2) is 12.1 Å². The first-order valence-electron chi connectivity index (χ1n) is 5.49. The van der Waals surface area contributed by atoms with Gasteiger partial charge in [-0.2, -0.15) is 0 Å². The van der Waals surface area contributed by atoms with Crippen LogP contribution in [0.2, 0.25) is 10.0 Å². The average molecular weight is 293 g/mol. The molecule has 1 amide bonds. The van der Waals surface area contributed by atoms with Crippen molar-refractivity contribution >= 4 is 29.1 Å². The van der Waals surface area contributed by atoms with Gasteiger partial charge in [-0.25, -0.2) is 4.39 Å². The molecule has 6 heteroatoms. The van der Waals surface area contributed by atoms with Crippen LogP contribution in [0.1, 0.15) is 25.5 Å². The van der Waals surface area contributed by atoms with Crippen LogP contribution in [-0.4, -0.2) is 19.0 Å². The van der Waals surface area contributed by atoms with E-state index in [9.17, 15) is 9.18 Å². The number of hydrogen-bond acceptors (Lipinski definition) is 2. The molecule has 18 heavy (non-hydrogen) atoms. The molecular weight excluding hydrogens is 278 g/mol. The van der Waals surface area contributed by atoms with Crippen LogP contribution < -0.4 is 10.6 Å². The fourth-order valence-electron chi connectivity index (χ4n) is 1.63. The van der Waals surface area contributed by atoms with E-state index in [1.54, 1.807) is 20.9 Å². The summed E-state index contributed by atoms with van der Waals surface area (Å²) in [7, 11) is 1.56. The summed E-state index contributed by atoms with van der Waals surface area (Å²) in [4.78, 5) is 11.4. The molecule has 0 radical (unpaired) electrons. The van der Waals surface area contributed by atoms with Crippen molar-refractivity contribution in [2.75, 3.05) is 7.05 Å². The van der Waals surface area contributed by atoms with Gasteiger partial charge in [-0.15, -0.1) is 0 Å².